The Balaban J connectivity index is 1.44. The third kappa shape index (κ3) is 5.57. The van der Waals surface area contributed by atoms with E-state index in [1.165, 1.54) is 38.5 Å². The lowest BCUT2D eigenvalue weighted by molar-refractivity contribution is 0.227. The van der Waals surface area contributed by atoms with E-state index >= 15 is 0 Å². The molecule has 0 aromatic rings. The Morgan fingerprint density at radius 2 is 0.455 bits per heavy atom. The van der Waals surface area contributed by atoms with Crippen LogP contribution in [-0.2, 0) is 0 Å². The third-order valence-electron chi connectivity index (χ3n) is 7.38. The van der Waals surface area contributed by atoms with E-state index in [2.05, 4.69) is 0 Å². The minimum absolute atomic E-state index is 1.10. The molecule has 0 saturated heterocycles. The maximum atomic E-state index is 1.56. The maximum Gasteiger partial charge on any atom is -0.0414 e. The van der Waals surface area contributed by atoms with Gasteiger partial charge in [0.25, 0.3) is 0 Å². The smallest absolute Gasteiger partial charge is 0.0414 e. The third-order valence-corrected chi connectivity index (χ3v) is 7.38. The van der Waals surface area contributed by atoms with E-state index in [1.54, 1.807) is 77.0 Å². The van der Waals surface area contributed by atoms with E-state index in [-0.39, 0.29) is 0 Å². The normalized spacial score (nSPS) is 39.3. The molecule has 0 atom stereocenters. The summed E-state index contributed by atoms with van der Waals surface area (Å²) in [6.45, 7) is 0. The highest BCUT2D eigenvalue weighted by Crippen LogP contribution is 2.37. The average Bonchev–Trinajstić information content (AvgIpc) is 2.56. The van der Waals surface area contributed by atoms with Gasteiger partial charge in [-0.1, -0.05) is 116 Å². The summed E-state index contributed by atoms with van der Waals surface area (Å²) in [6.07, 6.45) is 27.9. The molecule has 0 unspecified atom stereocenters. The molecule has 0 amide bonds. The van der Waals surface area contributed by atoms with Crippen LogP contribution in [0, 0.1) is 23.7 Å². The van der Waals surface area contributed by atoms with Crippen LogP contribution in [0.15, 0.2) is 0 Å². The Morgan fingerprint density at radius 1 is 0.227 bits per heavy atom. The second-order valence-corrected chi connectivity index (χ2v) is 9.05. The lowest BCUT2D eigenvalue weighted by Gasteiger charge is -2.30. The molecule has 0 heteroatoms. The molecule has 4 bridgehead atoms. The van der Waals surface area contributed by atoms with Crippen LogP contribution < -0.4 is 0 Å². The lowest BCUT2D eigenvalue weighted by Crippen LogP contribution is -2.16. The summed E-state index contributed by atoms with van der Waals surface area (Å²) in [5.74, 6) is 4.41. The van der Waals surface area contributed by atoms with Crippen LogP contribution in [0.1, 0.15) is 116 Å². The van der Waals surface area contributed by atoms with Crippen molar-refractivity contribution in [3.05, 3.63) is 0 Å². The minimum Gasteiger partial charge on any atom is -0.0533 e. The Kier molecular flexibility index (Phi) is 7.15. The fourth-order valence-corrected chi connectivity index (χ4v) is 5.70. The van der Waals surface area contributed by atoms with Crippen LogP contribution in [-0.4, -0.2) is 0 Å². The summed E-state index contributed by atoms with van der Waals surface area (Å²) in [4.78, 5) is 0. The molecule has 0 heterocycles. The molecule has 128 valence electrons. The summed E-state index contributed by atoms with van der Waals surface area (Å²) >= 11 is 0. The molecule has 22 heavy (non-hydrogen) atoms. The van der Waals surface area contributed by atoms with Crippen molar-refractivity contribution >= 4 is 0 Å². The maximum absolute atomic E-state index is 1.56. The fraction of sp³-hybridized carbons (Fsp3) is 1.00. The predicted molar refractivity (Wildman–Crippen MR) is 97.1 cm³/mol. The van der Waals surface area contributed by atoms with Gasteiger partial charge in [-0.15, -0.1) is 0 Å². The molecule has 0 nitrogen and oxygen atoms in total. The molecule has 6 saturated carbocycles. The molecule has 6 fully saturated rings. The second kappa shape index (κ2) is 9.33. The van der Waals surface area contributed by atoms with Gasteiger partial charge in [-0.25, -0.2) is 0 Å². The number of hydrogen-bond donors (Lipinski definition) is 0. The van der Waals surface area contributed by atoms with Gasteiger partial charge in [-0.05, 0) is 23.7 Å². The van der Waals surface area contributed by atoms with E-state index in [0.717, 1.165) is 23.7 Å². The van der Waals surface area contributed by atoms with Crippen LogP contribution in [0.4, 0.5) is 0 Å². The molecule has 0 aliphatic heterocycles. The molecule has 0 aromatic carbocycles. The molecule has 0 radical (unpaired) electrons. The van der Waals surface area contributed by atoms with Gasteiger partial charge in [0.15, 0.2) is 0 Å². The number of rotatable bonds is 0. The number of hydrogen-bond acceptors (Lipinski definition) is 0. The Labute approximate surface area is 139 Å². The first-order chi connectivity index (χ1) is 10.9. The Bertz CT molecular complexity index is 220. The minimum atomic E-state index is 1.10. The largest absolute Gasteiger partial charge is 0.0533 e. The van der Waals surface area contributed by atoms with Crippen LogP contribution in [0.5, 0.6) is 0 Å². The highest BCUT2D eigenvalue weighted by molar-refractivity contribution is 4.75. The van der Waals surface area contributed by atoms with Crippen LogP contribution >= 0.6 is 0 Å². The summed E-state index contributed by atoms with van der Waals surface area (Å²) in [5.41, 5.74) is 0. The van der Waals surface area contributed by atoms with E-state index in [0.29, 0.717) is 0 Å². The van der Waals surface area contributed by atoms with Gasteiger partial charge < -0.3 is 0 Å². The van der Waals surface area contributed by atoms with Crippen molar-refractivity contribution in [3.63, 3.8) is 0 Å². The molecule has 0 N–H and O–H groups in total. The van der Waals surface area contributed by atoms with Gasteiger partial charge in [0.2, 0.25) is 0 Å². The van der Waals surface area contributed by atoms with Gasteiger partial charge in [0.1, 0.15) is 0 Å². The topological polar surface area (TPSA) is 0 Å². The van der Waals surface area contributed by atoms with Crippen molar-refractivity contribution in [1.82, 2.24) is 0 Å². The first-order valence-corrected chi connectivity index (χ1v) is 10.9. The molecular weight excluding hydrogens is 264 g/mol. The average molecular weight is 305 g/mol. The second-order valence-electron chi connectivity index (χ2n) is 9.05. The van der Waals surface area contributed by atoms with Gasteiger partial charge in [-0.2, -0.15) is 0 Å². The van der Waals surface area contributed by atoms with Crippen molar-refractivity contribution < 1.29 is 0 Å². The van der Waals surface area contributed by atoms with Gasteiger partial charge in [0, 0.05) is 0 Å². The van der Waals surface area contributed by atoms with Crippen LogP contribution in [0.2, 0.25) is 0 Å². The van der Waals surface area contributed by atoms with Crippen molar-refractivity contribution in [2.45, 2.75) is 116 Å². The van der Waals surface area contributed by atoms with E-state index in [1.807, 2.05) is 0 Å². The van der Waals surface area contributed by atoms with Gasteiger partial charge >= 0.3 is 0 Å². The molecule has 0 spiro atoms. The van der Waals surface area contributed by atoms with Crippen LogP contribution in [0.3, 0.4) is 0 Å². The zero-order valence-corrected chi connectivity index (χ0v) is 15.0. The molecule has 0 aromatic heterocycles. The van der Waals surface area contributed by atoms with Crippen molar-refractivity contribution in [1.29, 1.82) is 0 Å². The molecular formula is C22H40. The van der Waals surface area contributed by atoms with Crippen molar-refractivity contribution in [3.8, 4) is 0 Å². The quantitative estimate of drug-likeness (QED) is 0.434. The van der Waals surface area contributed by atoms with E-state index in [9.17, 15) is 0 Å². The summed E-state index contributed by atoms with van der Waals surface area (Å²) in [6, 6.07) is 0. The van der Waals surface area contributed by atoms with Crippen LogP contribution in [0.25, 0.3) is 0 Å². The zero-order chi connectivity index (χ0) is 15.0. The summed E-state index contributed by atoms with van der Waals surface area (Å²) in [5, 5.41) is 0. The Hall–Kier alpha value is 0. The molecule has 6 rings (SSSR count). The van der Waals surface area contributed by atoms with E-state index in [4.69, 9.17) is 0 Å². The van der Waals surface area contributed by atoms with Crippen molar-refractivity contribution in [2.75, 3.05) is 0 Å². The SMILES string of the molecule is C1CCC2CCC(CCCCCC3CCC(CC1)CC3)CC2. The monoisotopic (exact) mass is 304 g/mol. The van der Waals surface area contributed by atoms with Crippen molar-refractivity contribution in [2.24, 2.45) is 23.7 Å². The first-order valence-electron chi connectivity index (χ1n) is 10.9. The summed E-state index contributed by atoms with van der Waals surface area (Å²) < 4.78 is 0. The standard InChI is InChI=1S/C22H40/c1-3-7-19-11-15-21(16-12-19)9-5-2-6-10-22-17-13-20(8-4-1)14-18-22/h19-22H,1-18H2. The fourth-order valence-electron chi connectivity index (χ4n) is 5.70. The van der Waals surface area contributed by atoms with E-state index < -0.39 is 0 Å². The molecule has 6 aliphatic carbocycles. The first kappa shape index (κ1) is 16.8. The van der Waals surface area contributed by atoms with Gasteiger partial charge in [0.05, 0.1) is 0 Å². The Morgan fingerprint density at radius 3 is 0.682 bits per heavy atom. The van der Waals surface area contributed by atoms with Gasteiger partial charge in [-0.3, -0.25) is 0 Å². The highest BCUT2D eigenvalue weighted by Gasteiger charge is 2.22. The highest BCUT2D eigenvalue weighted by atomic mass is 14.3. The predicted octanol–water partition coefficient (Wildman–Crippen LogP) is 7.51. The molecule has 6 aliphatic rings. The summed E-state index contributed by atoms with van der Waals surface area (Å²) in [7, 11) is 0. The zero-order valence-electron chi connectivity index (χ0n) is 15.0. The lowest BCUT2D eigenvalue weighted by atomic mass is 9.76.